The molecule has 4 aromatic rings. The predicted octanol–water partition coefficient (Wildman–Crippen LogP) is 5.91. The average Bonchev–Trinajstić information content (AvgIpc) is 3.73. The SMILES string of the molecule is COC(c1ccccc1)(c1ccccc1)[C@@H]1OB([C@@H]2C[C@H]2C(=O)O)O[C@H]1C(OC)(c1ccccc1)c1ccccc1. The molecule has 41 heavy (non-hydrogen) atoms. The van der Waals surface area contributed by atoms with Crippen LogP contribution >= 0.6 is 0 Å². The van der Waals surface area contributed by atoms with Crippen LogP contribution in [0.15, 0.2) is 121 Å². The number of methoxy groups -OCH3 is 2. The quantitative estimate of drug-likeness (QED) is 0.248. The van der Waals surface area contributed by atoms with E-state index in [0.717, 1.165) is 22.3 Å². The van der Waals surface area contributed by atoms with Crippen LogP contribution in [0.25, 0.3) is 0 Å². The number of carboxylic acids is 1. The molecule has 2 aliphatic rings. The third kappa shape index (κ3) is 4.59. The number of carboxylic acid groups (broad SMARTS) is 1. The fourth-order valence-electron chi connectivity index (χ4n) is 6.52. The molecule has 6 nitrogen and oxygen atoms in total. The van der Waals surface area contributed by atoms with E-state index >= 15 is 0 Å². The molecule has 4 atom stereocenters. The van der Waals surface area contributed by atoms with Gasteiger partial charge in [-0.05, 0) is 28.7 Å². The molecular weight excluding hydrogens is 515 g/mol. The molecule has 208 valence electrons. The number of benzene rings is 4. The molecule has 1 N–H and O–H groups in total. The van der Waals surface area contributed by atoms with Crippen LogP contribution in [0, 0.1) is 5.92 Å². The maximum Gasteiger partial charge on any atom is 0.461 e. The Morgan fingerprint density at radius 1 is 0.659 bits per heavy atom. The minimum atomic E-state index is -1.11. The van der Waals surface area contributed by atoms with Gasteiger partial charge < -0.3 is 23.9 Å². The van der Waals surface area contributed by atoms with Crippen LogP contribution in [0.5, 0.6) is 0 Å². The highest BCUT2D eigenvalue weighted by Gasteiger charge is 2.66. The van der Waals surface area contributed by atoms with Gasteiger partial charge in [-0.3, -0.25) is 4.79 Å². The first-order valence-corrected chi connectivity index (χ1v) is 13.9. The van der Waals surface area contributed by atoms with Crippen LogP contribution in [0.1, 0.15) is 28.7 Å². The summed E-state index contributed by atoms with van der Waals surface area (Å²) < 4.78 is 27.0. The van der Waals surface area contributed by atoms with Gasteiger partial charge in [0, 0.05) is 20.0 Å². The van der Waals surface area contributed by atoms with Crippen LogP contribution in [-0.4, -0.2) is 44.6 Å². The minimum Gasteiger partial charge on any atom is -0.481 e. The van der Waals surface area contributed by atoms with Gasteiger partial charge in [-0.2, -0.15) is 0 Å². The molecule has 0 bridgehead atoms. The molecule has 2 fully saturated rings. The number of hydrogen-bond donors (Lipinski definition) is 1. The van der Waals surface area contributed by atoms with Gasteiger partial charge in [0.2, 0.25) is 0 Å². The number of aliphatic carboxylic acids is 1. The molecule has 4 aromatic carbocycles. The fraction of sp³-hybridized carbons (Fsp3) is 0.265. The van der Waals surface area contributed by atoms with E-state index in [4.69, 9.17) is 18.8 Å². The first kappa shape index (κ1) is 27.4. The number of carbonyl (C=O) groups is 1. The Labute approximate surface area is 241 Å². The molecule has 0 amide bonds. The summed E-state index contributed by atoms with van der Waals surface area (Å²) in [6, 6.07) is 39.9. The van der Waals surface area contributed by atoms with Crippen LogP contribution in [0.4, 0.5) is 0 Å². The maximum atomic E-state index is 11.9. The lowest BCUT2D eigenvalue weighted by Gasteiger charge is -2.47. The van der Waals surface area contributed by atoms with Gasteiger partial charge >= 0.3 is 13.1 Å². The Kier molecular flexibility index (Phi) is 7.53. The van der Waals surface area contributed by atoms with Crippen LogP contribution < -0.4 is 0 Å². The molecular formula is C34H33BO6. The van der Waals surface area contributed by atoms with E-state index in [0.29, 0.717) is 6.42 Å². The van der Waals surface area contributed by atoms with Crippen molar-refractivity contribution >= 4 is 13.1 Å². The van der Waals surface area contributed by atoms with Gasteiger partial charge in [0.05, 0.1) is 5.92 Å². The maximum absolute atomic E-state index is 11.9. The summed E-state index contributed by atoms with van der Waals surface area (Å²) in [5, 5.41) is 9.78. The van der Waals surface area contributed by atoms with E-state index in [1.54, 1.807) is 14.2 Å². The zero-order chi connectivity index (χ0) is 28.5. The van der Waals surface area contributed by atoms with Gasteiger partial charge in [-0.1, -0.05) is 121 Å². The van der Waals surface area contributed by atoms with Gasteiger partial charge in [-0.15, -0.1) is 0 Å². The summed E-state index contributed by atoms with van der Waals surface area (Å²) in [6.45, 7) is 0. The second-order valence-corrected chi connectivity index (χ2v) is 10.7. The summed E-state index contributed by atoms with van der Waals surface area (Å²) in [6.07, 6.45) is -0.956. The van der Waals surface area contributed by atoms with Crippen LogP contribution in [-0.2, 0) is 34.8 Å². The highest BCUT2D eigenvalue weighted by atomic mass is 16.7. The van der Waals surface area contributed by atoms with Crippen LogP contribution in [0.2, 0.25) is 5.82 Å². The zero-order valence-electron chi connectivity index (χ0n) is 23.1. The van der Waals surface area contributed by atoms with E-state index in [1.165, 1.54) is 0 Å². The van der Waals surface area contributed by atoms with Crippen LogP contribution in [0.3, 0.4) is 0 Å². The molecule has 6 rings (SSSR count). The second kappa shape index (κ2) is 11.3. The zero-order valence-corrected chi connectivity index (χ0v) is 23.1. The average molecular weight is 548 g/mol. The fourth-order valence-corrected chi connectivity index (χ4v) is 6.52. The van der Waals surface area contributed by atoms with Crippen molar-refractivity contribution in [3.63, 3.8) is 0 Å². The van der Waals surface area contributed by atoms with Crippen molar-refractivity contribution in [1.29, 1.82) is 0 Å². The highest BCUT2D eigenvalue weighted by molar-refractivity contribution is 6.49. The lowest BCUT2D eigenvalue weighted by Crippen LogP contribution is -2.56. The van der Waals surface area contributed by atoms with Crippen molar-refractivity contribution in [3.8, 4) is 0 Å². The normalized spacial score (nSPS) is 22.4. The van der Waals surface area contributed by atoms with E-state index in [2.05, 4.69) is 0 Å². The molecule has 1 saturated heterocycles. The van der Waals surface area contributed by atoms with Crippen molar-refractivity contribution in [1.82, 2.24) is 0 Å². The number of ether oxygens (including phenoxy) is 2. The first-order chi connectivity index (χ1) is 20.1. The van der Waals surface area contributed by atoms with Crippen molar-refractivity contribution in [2.24, 2.45) is 5.92 Å². The lowest BCUT2D eigenvalue weighted by atomic mass is 9.71. The minimum absolute atomic E-state index is 0.276. The predicted molar refractivity (Wildman–Crippen MR) is 156 cm³/mol. The molecule has 0 aromatic heterocycles. The molecule has 7 heteroatoms. The molecule has 1 saturated carbocycles. The van der Waals surface area contributed by atoms with E-state index < -0.39 is 42.4 Å². The second-order valence-electron chi connectivity index (χ2n) is 10.7. The number of hydrogen-bond acceptors (Lipinski definition) is 5. The Morgan fingerprint density at radius 3 is 1.22 bits per heavy atom. The largest absolute Gasteiger partial charge is 0.481 e. The molecule has 0 radical (unpaired) electrons. The smallest absolute Gasteiger partial charge is 0.461 e. The van der Waals surface area contributed by atoms with Gasteiger partial charge in [-0.25, -0.2) is 0 Å². The molecule has 0 unspecified atom stereocenters. The van der Waals surface area contributed by atoms with E-state index in [-0.39, 0.29) is 5.82 Å². The third-order valence-corrected chi connectivity index (χ3v) is 8.60. The van der Waals surface area contributed by atoms with Crippen molar-refractivity contribution in [2.45, 2.75) is 35.6 Å². The Bertz CT molecular complexity index is 1270. The molecule has 1 aliphatic heterocycles. The Morgan fingerprint density at radius 2 is 0.976 bits per heavy atom. The monoisotopic (exact) mass is 548 g/mol. The topological polar surface area (TPSA) is 74.2 Å². The van der Waals surface area contributed by atoms with E-state index in [1.807, 2.05) is 121 Å². The molecule has 0 spiro atoms. The van der Waals surface area contributed by atoms with Gasteiger partial charge in [0.15, 0.2) is 0 Å². The van der Waals surface area contributed by atoms with Crippen molar-refractivity contribution in [3.05, 3.63) is 144 Å². The number of rotatable bonds is 10. The standard InChI is InChI=1S/C34H33BO6/c1-38-33(24-15-7-3-8-16-24,25-17-9-4-10-18-25)30-31(41-35(40-30)29-23-28(29)32(36)37)34(39-2,26-19-11-5-12-20-26)27-21-13-6-14-22-27/h3-22,28-31H,23H2,1-2H3,(H,36,37)/t28-,29-,30-,31-/m1/s1. The lowest BCUT2D eigenvalue weighted by molar-refractivity contribution is -0.138. The van der Waals surface area contributed by atoms with Gasteiger partial charge in [0.1, 0.15) is 23.4 Å². The molecule has 1 heterocycles. The van der Waals surface area contributed by atoms with Crippen molar-refractivity contribution in [2.75, 3.05) is 14.2 Å². The Hall–Kier alpha value is -3.75. The summed E-state index contributed by atoms with van der Waals surface area (Å²) >= 11 is 0. The first-order valence-electron chi connectivity index (χ1n) is 13.9. The summed E-state index contributed by atoms with van der Waals surface area (Å²) in [5.74, 6) is -1.63. The van der Waals surface area contributed by atoms with Crippen molar-refractivity contribution < 1.29 is 28.7 Å². The van der Waals surface area contributed by atoms with Gasteiger partial charge in [0.25, 0.3) is 0 Å². The summed E-state index contributed by atoms with van der Waals surface area (Å²) in [5.41, 5.74) is 1.36. The van der Waals surface area contributed by atoms with E-state index in [9.17, 15) is 9.90 Å². The third-order valence-electron chi connectivity index (χ3n) is 8.60. The summed E-state index contributed by atoms with van der Waals surface area (Å²) in [4.78, 5) is 11.9. The Balaban J connectivity index is 1.60. The summed E-state index contributed by atoms with van der Waals surface area (Å²) in [7, 11) is 2.62. The highest BCUT2D eigenvalue weighted by Crippen LogP contribution is 2.56. The molecule has 1 aliphatic carbocycles.